The van der Waals surface area contributed by atoms with E-state index >= 15 is 0 Å². The highest BCUT2D eigenvalue weighted by Crippen LogP contribution is 2.32. The Labute approximate surface area is 150 Å². The number of hydrogen-bond donors (Lipinski definition) is 1. The van der Waals surface area contributed by atoms with E-state index in [1.54, 1.807) is 45.0 Å². The monoisotopic (exact) mass is 356 g/mol. The van der Waals surface area contributed by atoms with Crippen molar-refractivity contribution in [1.82, 2.24) is 14.9 Å². The number of benzene rings is 1. The molecule has 2 heterocycles. The molecule has 3 rings (SSSR count). The molecular formula is C18H20N4O4. The molecule has 8 nitrogen and oxygen atoms in total. The number of amides is 1. The van der Waals surface area contributed by atoms with Gasteiger partial charge in [-0.2, -0.15) is 5.10 Å². The van der Waals surface area contributed by atoms with Crippen molar-refractivity contribution in [2.45, 2.75) is 19.4 Å². The van der Waals surface area contributed by atoms with E-state index in [1.807, 2.05) is 24.4 Å². The first-order chi connectivity index (χ1) is 12.5. The van der Waals surface area contributed by atoms with Crippen molar-refractivity contribution in [3.8, 4) is 22.6 Å². The van der Waals surface area contributed by atoms with Crippen molar-refractivity contribution >= 4 is 11.7 Å². The summed E-state index contributed by atoms with van der Waals surface area (Å²) in [4.78, 5) is 12.6. The lowest BCUT2D eigenvalue weighted by atomic mass is 10.0. The van der Waals surface area contributed by atoms with E-state index in [1.165, 1.54) is 6.26 Å². The quantitative estimate of drug-likeness (QED) is 0.730. The maximum absolute atomic E-state index is 12.6. The molecule has 8 heteroatoms. The molecule has 0 saturated heterocycles. The van der Waals surface area contributed by atoms with Gasteiger partial charge in [-0.3, -0.25) is 9.48 Å². The number of hydrogen-bond acceptors (Lipinski definition) is 6. The van der Waals surface area contributed by atoms with Crippen LogP contribution in [0.15, 0.2) is 47.4 Å². The van der Waals surface area contributed by atoms with Crippen LogP contribution in [0.3, 0.4) is 0 Å². The highest BCUT2D eigenvalue weighted by molar-refractivity contribution is 5.95. The average molecular weight is 356 g/mol. The fourth-order valence-corrected chi connectivity index (χ4v) is 2.44. The van der Waals surface area contributed by atoms with E-state index in [2.05, 4.69) is 15.6 Å². The van der Waals surface area contributed by atoms with Gasteiger partial charge in [0.2, 0.25) is 0 Å². The molecular weight excluding hydrogens is 336 g/mol. The van der Waals surface area contributed by atoms with Crippen LogP contribution in [0.5, 0.6) is 11.5 Å². The highest BCUT2D eigenvalue weighted by Gasteiger charge is 2.31. The van der Waals surface area contributed by atoms with E-state index in [9.17, 15) is 4.79 Å². The average Bonchev–Trinajstić information content (AvgIpc) is 3.33. The summed E-state index contributed by atoms with van der Waals surface area (Å²) in [5.74, 6) is 1.38. The van der Waals surface area contributed by atoms with Crippen LogP contribution in [-0.2, 0) is 10.3 Å². The highest BCUT2D eigenvalue weighted by atomic mass is 16.5. The Hall–Kier alpha value is -3.29. The van der Waals surface area contributed by atoms with Gasteiger partial charge in [-0.1, -0.05) is 11.2 Å². The molecule has 1 amide bonds. The van der Waals surface area contributed by atoms with Crippen molar-refractivity contribution < 1.29 is 18.8 Å². The minimum absolute atomic E-state index is 0.256. The Morgan fingerprint density at radius 3 is 2.58 bits per heavy atom. The maximum atomic E-state index is 12.6. The summed E-state index contributed by atoms with van der Waals surface area (Å²) in [6, 6.07) is 7.17. The summed E-state index contributed by atoms with van der Waals surface area (Å²) in [6.07, 6.45) is 4.90. The van der Waals surface area contributed by atoms with Gasteiger partial charge in [0, 0.05) is 17.8 Å². The standard InChI is InChI=1S/C18H20N4O4/c1-18(2,17(23)20-16-7-8-26-21-16)22-11-13(10-19-22)12-5-6-14(24-3)15(9-12)25-4/h5-11H,1-4H3,(H,20,21,23). The number of nitrogens with zero attached hydrogens (tertiary/aromatic N) is 3. The Morgan fingerprint density at radius 1 is 1.15 bits per heavy atom. The molecule has 0 radical (unpaired) electrons. The summed E-state index contributed by atoms with van der Waals surface area (Å²) in [5.41, 5.74) is 0.836. The molecule has 0 aliphatic rings. The van der Waals surface area contributed by atoms with Crippen LogP contribution in [0.1, 0.15) is 13.8 Å². The van der Waals surface area contributed by atoms with E-state index in [-0.39, 0.29) is 5.91 Å². The Morgan fingerprint density at radius 2 is 1.92 bits per heavy atom. The van der Waals surface area contributed by atoms with Crippen molar-refractivity contribution in [3.05, 3.63) is 42.9 Å². The van der Waals surface area contributed by atoms with E-state index in [0.29, 0.717) is 17.3 Å². The van der Waals surface area contributed by atoms with Crippen LogP contribution in [-0.4, -0.2) is 35.1 Å². The number of anilines is 1. The molecule has 1 aromatic carbocycles. The molecule has 0 aliphatic heterocycles. The minimum Gasteiger partial charge on any atom is -0.493 e. The zero-order valence-corrected chi connectivity index (χ0v) is 15.0. The zero-order valence-electron chi connectivity index (χ0n) is 15.0. The topological polar surface area (TPSA) is 91.4 Å². The molecule has 0 spiro atoms. The van der Waals surface area contributed by atoms with Gasteiger partial charge in [0.05, 0.1) is 20.4 Å². The molecule has 0 fully saturated rings. The van der Waals surface area contributed by atoms with Gasteiger partial charge in [-0.15, -0.1) is 0 Å². The van der Waals surface area contributed by atoms with Gasteiger partial charge >= 0.3 is 0 Å². The van der Waals surface area contributed by atoms with E-state index in [4.69, 9.17) is 14.0 Å². The number of nitrogens with one attached hydrogen (secondary N) is 1. The van der Waals surface area contributed by atoms with Crippen LogP contribution >= 0.6 is 0 Å². The number of methoxy groups -OCH3 is 2. The predicted octanol–water partition coefficient (Wildman–Crippen LogP) is 2.93. The molecule has 3 aromatic rings. The Kier molecular flexibility index (Phi) is 4.66. The van der Waals surface area contributed by atoms with E-state index in [0.717, 1.165) is 11.1 Å². The summed E-state index contributed by atoms with van der Waals surface area (Å²) in [6.45, 7) is 3.54. The molecule has 2 aromatic heterocycles. The third-order valence-corrected chi connectivity index (χ3v) is 4.11. The van der Waals surface area contributed by atoms with Gasteiger partial charge in [0.15, 0.2) is 17.3 Å². The maximum Gasteiger partial charge on any atom is 0.253 e. The number of carbonyl (C=O) groups is 1. The van der Waals surface area contributed by atoms with Crippen LogP contribution in [0.2, 0.25) is 0 Å². The van der Waals surface area contributed by atoms with Gasteiger partial charge in [0.1, 0.15) is 11.8 Å². The lowest BCUT2D eigenvalue weighted by Crippen LogP contribution is -2.40. The summed E-state index contributed by atoms with van der Waals surface area (Å²) in [7, 11) is 3.17. The van der Waals surface area contributed by atoms with Crippen molar-refractivity contribution in [3.63, 3.8) is 0 Å². The second-order valence-electron chi connectivity index (χ2n) is 6.14. The van der Waals surface area contributed by atoms with Gasteiger partial charge in [0.25, 0.3) is 5.91 Å². The largest absolute Gasteiger partial charge is 0.493 e. The molecule has 0 bridgehead atoms. The molecule has 136 valence electrons. The fourth-order valence-electron chi connectivity index (χ4n) is 2.44. The van der Waals surface area contributed by atoms with Gasteiger partial charge < -0.3 is 19.3 Å². The number of rotatable bonds is 6. The number of aromatic nitrogens is 3. The minimum atomic E-state index is -0.923. The zero-order chi connectivity index (χ0) is 18.7. The second-order valence-corrected chi connectivity index (χ2v) is 6.14. The van der Waals surface area contributed by atoms with Crippen molar-refractivity contribution in [2.75, 3.05) is 19.5 Å². The lowest BCUT2D eigenvalue weighted by molar-refractivity contribution is -0.123. The number of ether oxygens (including phenoxy) is 2. The van der Waals surface area contributed by atoms with E-state index < -0.39 is 5.54 Å². The van der Waals surface area contributed by atoms with Crippen LogP contribution in [0.4, 0.5) is 5.82 Å². The number of carbonyl (C=O) groups excluding carboxylic acids is 1. The summed E-state index contributed by atoms with van der Waals surface area (Å²) >= 11 is 0. The SMILES string of the molecule is COc1ccc(-c2cnn(C(C)(C)C(=O)Nc3ccon3)c2)cc1OC. The summed E-state index contributed by atoms with van der Waals surface area (Å²) in [5, 5.41) is 10.7. The van der Waals surface area contributed by atoms with Gasteiger partial charge in [-0.05, 0) is 31.5 Å². The third kappa shape index (κ3) is 3.26. The molecule has 0 unspecified atom stereocenters. The first-order valence-electron chi connectivity index (χ1n) is 7.95. The molecule has 0 atom stereocenters. The second kappa shape index (κ2) is 6.91. The fraction of sp³-hybridized carbons (Fsp3) is 0.278. The summed E-state index contributed by atoms with van der Waals surface area (Å²) < 4.78 is 16.9. The molecule has 0 aliphatic carbocycles. The Balaban J connectivity index is 1.85. The molecule has 26 heavy (non-hydrogen) atoms. The normalized spacial score (nSPS) is 11.2. The van der Waals surface area contributed by atoms with Gasteiger partial charge in [-0.25, -0.2) is 0 Å². The van der Waals surface area contributed by atoms with Crippen LogP contribution in [0.25, 0.3) is 11.1 Å². The van der Waals surface area contributed by atoms with Crippen molar-refractivity contribution in [2.24, 2.45) is 0 Å². The van der Waals surface area contributed by atoms with Crippen LogP contribution < -0.4 is 14.8 Å². The molecule has 0 saturated carbocycles. The first kappa shape index (κ1) is 17.5. The third-order valence-electron chi connectivity index (χ3n) is 4.11. The first-order valence-corrected chi connectivity index (χ1v) is 7.95. The van der Waals surface area contributed by atoms with Crippen molar-refractivity contribution in [1.29, 1.82) is 0 Å². The smallest absolute Gasteiger partial charge is 0.253 e. The Bertz CT molecular complexity index is 900. The predicted molar refractivity (Wildman–Crippen MR) is 95.2 cm³/mol. The van der Waals surface area contributed by atoms with Crippen LogP contribution in [0, 0.1) is 0 Å². The lowest BCUT2D eigenvalue weighted by Gasteiger charge is -2.23. The molecule has 1 N–H and O–H groups in total.